The van der Waals surface area contributed by atoms with Gasteiger partial charge in [-0.1, -0.05) is 30.3 Å². The van der Waals surface area contributed by atoms with Crippen molar-refractivity contribution in [3.63, 3.8) is 0 Å². The van der Waals surface area contributed by atoms with Crippen molar-refractivity contribution in [2.45, 2.75) is 39.0 Å². The maximum absolute atomic E-state index is 12.9. The third-order valence-corrected chi connectivity index (χ3v) is 5.79. The molecule has 0 bridgehead atoms. The first-order valence-corrected chi connectivity index (χ1v) is 9.82. The van der Waals surface area contributed by atoms with Gasteiger partial charge in [0.1, 0.15) is 0 Å². The number of hydrogen-bond donors (Lipinski definition) is 1. The summed E-state index contributed by atoms with van der Waals surface area (Å²) < 4.78 is 33.5. The molecule has 1 aromatic heterocycles. The molecule has 136 valence electrons. The van der Waals surface area contributed by atoms with E-state index in [4.69, 9.17) is 4.52 Å². The molecule has 3 rings (SSSR count). The largest absolute Gasteiger partial charge is 0.339 e. The van der Waals surface area contributed by atoms with Gasteiger partial charge in [0.2, 0.25) is 11.7 Å². The van der Waals surface area contributed by atoms with E-state index in [2.05, 4.69) is 14.9 Å². The molecule has 0 spiro atoms. The van der Waals surface area contributed by atoms with Gasteiger partial charge >= 0.3 is 0 Å². The van der Waals surface area contributed by atoms with Crippen LogP contribution in [0.5, 0.6) is 0 Å². The van der Waals surface area contributed by atoms with E-state index in [0.717, 1.165) is 11.1 Å². The van der Waals surface area contributed by atoms with Crippen LogP contribution < -0.4 is 4.72 Å². The number of benzene rings is 2. The van der Waals surface area contributed by atoms with Crippen molar-refractivity contribution in [1.82, 2.24) is 10.1 Å². The van der Waals surface area contributed by atoms with Gasteiger partial charge in [0, 0.05) is 17.7 Å². The lowest BCUT2D eigenvalue weighted by atomic mass is 10.1. The number of sulfonamides is 1. The van der Waals surface area contributed by atoms with Crippen LogP contribution in [0.15, 0.2) is 45.8 Å². The van der Waals surface area contributed by atoms with E-state index in [9.17, 15) is 8.42 Å². The zero-order valence-electron chi connectivity index (χ0n) is 15.2. The monoisotopic (exact) mass is 371 g/mol. The number of aryl methyl sites for hydroxylation is 4. The van der Waals surface area contributed by atoms with E-state index in [1.54, 1.807) is 31.2 Å². The van der Waals surface area contributed by atoms with Crippen molar-refractivity contribution in [2.75, 3.05) is 4.72 Å². The highest BCUT2D eigenvalue weighted by molar-refractivity contribution is 7.92. The summed E-state index contributed by atoms with van der Waals surface area (Å²) in [5.74, 6) is 0.891. The molecule has 0 aliphatic carbocycles. The van der Waals surface area contributed by atoms with Gasteiger partial charge in [-0.2, -0.15) is 4.98 Å². The van der Waals surface area contributed by atoms with Gasteiger partial charge in [-0.15, -0.1) is 0 Å². The molecule has 7 heteroatoms. The minimum Gasteiger partial charge on any atom is -0.339 e. The Morgan fingerprint density at radius 1 is 1.00 bits per heavy atom. The molecule has 0 aliphatic heterocycles. The maximum Gasteiger partial charge on any atom is 0.262 e. The lowest BCUT2D eigenvalue weighted by Crippen LogP contribution is -2.14. The van der Waals surface area contributed by atoms with Gasteiger partial charge in [0.05, 0.1) is 4.90 Å². The predicted molar refractivity (Wildman–Crippen MR) is 101 cm³/mol. The zero-order valence-corrected chi connectivity index (χ0v) is 16.0. The fraction of sp³-hybridized carbons (Fsp3) is 0.263. The van der Waals surface area contributed by atoms with Crippen molar-refractivity contribution < 1.29 is 12.9 Å². The first-order chi connectivity index (χ1) is 12.3. The molecule has 3 aromatic rings. The van der Waals surface area contributed by atoms with Crippen LogP contribution in [0.2, 0.25) is 0 Å². The number of nitrogens with zero attached hydrogens (tertiary/aromatic N) is 2. The van der Waals surface area contributed by atoms with Gasteiger partial charge in [0.25, 0.3) is 10.0 Å². The Bertz CT molecular complexity index is 1060. The van der Waals surface area contributed by atoms with Crippen LogP contribution in [0.3, 0.4) is 0 Å². The minimum absolute atomic E-state index is 0.191. The Hall–Kier alpha value is -2.67. The molecule has 0 saturated carbocycles. The molecule has 0 unspecified atom stereocenters. The third kappa shape index (κ3) is 3.62. The number of aromatic nitrogens is 2. The summed E-state index contributed by atoms with van der Waals surface area (Å²) in [5, 5.41) is 3.91. The summed E-state index contributed by atoms with van der Waals surface area (Å²) in [7, 11) is -3.74. The Balaban J connectivity index is 1.98. The first kappa shape index (κ1) is 18.1. The molecule has 0 fully saturated rings. The van der Waals surface area contributed by atoms with Crippen LogP contribution in [0.25, 0.3) is 11.4 Å². The molecule has 0 amide bonds. The Kier molecular flexibility index (Phi) is 4.82. The average Bonchev–Trinajstić information content (AvgIpc) is 3.07. The summed E-state index contributed by atoms with van der Waals surface area (Å²) in [6.07, 6.45) is 0.623. The van der Waals surface area contributed by atoms with Crippen molar-refractivity contribution >= 4 is 15.7 Å². The van der Waals surface area contributed by atoms with E-state index in [0.29, 0.717) is 35.0 Å². The summed E-state index contributed by atoms with van der Waals surface area (Å²) in [4.78, 5) is 4.45. The van der Waals surface area contributed by atoms with Crippen molar-refractivity contribution in [3.05, 3.63) is 59.0 Å². The number of hydrogen-bond acceptors (Lipinski definition) is 5. The van der Waals surface area contributed by atoms with Gasteiger partial charge < -0.3 is 4.52 Å². The minimum atomic E-state index is -3.74. The standard InChI is InChI=1S/C19H21N3O3S/c1-5-18-20-19(21-25-18)15-8-6-13(3)17(11-15)26(23,24)22-16-9-7-12(2)14(4)10-16/h6-11,22H,5H2,1-4H3. The normalized spacial score (nSPS) is 11.5. The lowest BCUT2D eigenvalue weighted by molar-refractivity contribution is 0.383. The van der Waals surface area contributed by atoms with Gasteiger partial charge in [-0.05, 0) is 55.7 Å². The van der Waals surface area contributed by atoms with Crippen molar-refractivity contribution in [2.24, 2.45) is 0 Å². The molecule has 26 heavy (non-hydrogen) atoms. The van der Waals surface area contributed by atoms with Crippen molar-refractivity contribution in [1.29, 1.82) is 0 Å². The van der Waals surface area contributed by atoms with E-state index in [1.165, 1.54) is 0 Å². The van der Waals surface area contributed by atoms with Crippen LogP contribution in [0.1, 0.15) is 29.5 Å². The van der Waals surface area contributed by atoms with Gasteiger partial charge in [0.15, 0.2) is 0 Å². The second-order valence-corrected chi connectivity index (χ2v) is 7.90. The van der Waals surface area contributed by atoms with Crippen molar-refractivity contribution in [3.8, 4) is 11.4 Å². The zero-order chi connectivity index (χ0) is 18.9. The number of nitrogens with one attached hydrogen (secondary N) is 1. The number of anilines is 1. The second-order valence-electron chi connectivity index (χ2n) is 6.25. The van der Waals surface area contributed by atoms with Gasteiger partial charge in [-0.25, -0.2) is 8.42 Å². The molecular weight excluding hydrogens is 350 g/mol. The van der Waals surface area contributed by atoms with Gasteiger partial charge in [-0.3, -0.25) is 4.72 Å². The summed E-state index contributed by atoms with van der Waals surface area (Å²) in [5.41, 5.74) is 3.90. The highest BCUT2D eigenvalue weighted by atomic mass is 32.2. The molecule has 0 aliphatic rings. The summed E-state index contributed by atoms with van der Waals surface area (Å²) in [6, 6.07) is 10.6. The molecule has 0 radical (unpaired) electrons. The summed E-state index contributed by atoms with van der Waals surface area (Å²) >= 11 is 0. The predicted octanol–water partition coefficient (Wildman–Crippen LogP) is 4.03. The van der Waals surface area contributed by atoms with Crippen LogP contribution >= 0.6 is 0 Å². The molecule has 0 saturated heterocycles. The average molecular weight is 371 g/mol. The molecular formula is C19H21N3O3S. The third-order valence-electron chi connectivity index (χ3n) is 4.27. The first-order valence-electron chi connectivity index (χ1n) is 8.34. The Morgan fingerprint density at radius 2 is 1.73 bits per heavy atom. The fourth-order valence-electron chi connectivity index (χ4n) is 2.56. The van der Waals surface area contributed by atoms with Crippen LogP contribution in [0.4, 0.5) is 5.69 Å². The SMILES string of the molecule is CCc1nc(-c2ccc(C)c(S(=O)(=O)Nc3ccc(C)c(C)c3)c2)no1. The molecule has 6 nitrogen and oxygen atoms in total. The quantitative estimate of drug-likeness (QED) is 0.732. The van der Waals surface area contributed by atoms with Crippen LogP contribution in [0, 0.1) is 20.8 Å². The lowest BCUT2D eigenvalue weighted by Gasteiger charge is -2.12. The summed E-state index contributed by atoms with van der Waals surface area (Å²) in [6.45, 7) is 7.60. The molecule has 2 aromatic carbocycles. The second kappa shape index (κ2) is 6.92. The highest BCUT2D eigenvalue weighted by Gasteiger charge is 2.19. The van der Waals surface area contributed by atoms with E-state index in [-0.39, 0.29) is 4.90 Å². The Morgan fingerprint density at radius 3 is 2.38 bits per heavy atom. The van der Waals surface area contributed by atoms with Crippen LogP contribution in [-0.4, -0.2) is 18.6 Å². The molecule has 1 N–H and O–H groups in total. The van der Waals surface area contributed by atoms with Crippen LogP contribution in [-0.2, 0) is 16.4 Å². The molecule has 1 heterocycles. The van der Waals surface area contributed by atoms with E-state index < -0.39 is 10.0 Å². The topological polar surface area (TPSA) is 85.1 Å². The Labute approximate surface area is 153 Å². The smallest absolute Gasteiger partial charge is 0.262 e. The van der Waals surface area contributed by atoms with E-state index >= 15 is 0 Å². The molecule has 0 atom stereocenters. The number of rotatable bonds is 5. The van der Waals surface area contributed by atoms with E-state index in [1.807, 2.05) is 32.9 Å². The highest BCUT2D eigenvalue weighted by Crippen LogP contribution is 2.26. The maximum atomic E-state index is 12.9. The fourth-order valence-corrected chi connectivity index (χ4v) is 3.88.